The minimum atomic E-state index is -3.45. The number of hydrogen-bond donors (Lipinski definition) is 2. The zero-order valence-electron chi connectivity index (χ0n) is 9.60. The van der Waals surface area contributed by atoms with E-state index in [0.717, 1.165) is 0 Å². The van der Waals surface area contributed by atoms with Crippen molar-refractivity contribution in [3.63, 3.8) is 0 Å². The molecule has 96 valence electrons. The van der Waals surface area contributed by atoms with Crippen molar-refractivity contribution in [2.24, 2.45) is 0 Å². The lowest BCUT2D eigenvalue weighted by molar-refractivity contribution is -0.140. The monoisotopic (exact) mass is 253 g/mol. The first-order valence-electron chi connectivity index (χ1n) is 5.09. The molecule has 16 heavy (non-hydrogen) atoms. The Bertz CT molecular complexity index is 301. The zero-order valence-corrected chi connectivity index (χ0v) is 10.4. The average Bonchev–Trinajstić information content (AvgIpc) is 2.22. The molecule has 0 rings (SSSR count). The van der Waals surface area contributed by atoms with E-state index in [9.17, 15) is 13.2 Å². The standard InChI is InChI=1S/C9H19NO5S/c1-8(4-3-6-11)10-16(13,14)7-5-9(12)15-2/h8,10-11H,3-7H2,1-2H3. The Hall–Kier alpha value is -0.660. The lowest BCUT2D eigenvalue weighted by atomic mass is 10.2. The topological polar surface area (TPSA) is 92.7 Å². The van der Waals surface area contributed by atoms with Crippen LogP contribution in [-0.4, -0.2) is 45.0 Å². The minimum absolute atomic E-state index is 0.0359. The van der Waals surface area contributed by atoms with Gasteiger partial charge in [0.05, 0.1) is 19.3 Å². The number of aliphatic hydroxyl groups excluding tert-OH is 1. The van der Waals surface area contributed by atoms with Crippen LogP contribution in [0, 0.1) is 0 Å². The van der Waals surface area contributed by atoms with Gasteiger partial charge in [-0.15, -0.1) is 0 Å². The SMILES string of the molecule is COC(=O)CCS(=O)(=O)NC(C)CCCO. The van der Waals surface area contributed by atoms with Gasteiger partial charge < -0.3 is 9.84 Å². The number of methoxy groups -OCH3 is 1. The zero-order chi connectivity index (χ0) is 12.6. The summed E-state index contributed by atoms with van der Waals surface area (Å²) in [5.74, 6) is -0.822. The Labute approximate surface area is 96.0 Å². The van der Waals surface area contributed by atoms with Crippen LogP contribution in [0.15, 0.2) is 0 Å². The first-order valence-corrected chi connectivity index (χ1v) is 6.74. The van der Waals surface area contributed by atoms with E-state index in [1.165, 1.54) is 7.11 Å². The van der Waals surface area contributed by atoms with E-state index >= 15 is 0 Å². The van der Waals surface area contributed by atoms with Crippen LogP contribution in [0.25, 0.3) is 0 Å². The summed E-state index contributed by atoms with van der Waals surface area (Å²) in [4.78, 5) is 10.8. The molecule has 0 aromatic rings. The largest absolute Gasteiger partial charge is 0.469 e. The lowest BCUT2D eigenvalue weighted by Crippen LogP contribution is -2.35. The van der Waals surface area contributed by atoms with Crippen LogP contribution in [0.5, 0.6) is 0 Å². The van der Waals surface area contributed by atoms with Crippen molar-refractivity contribution in [1.82, 2.24) is 4.72 Å². The van der Waals surface area contributed by atoms with Crippen LogP contribution >= 0.6 is 0 Å². The van der Waals surface area contributed by atoms with E-state index in [2.05, 4.69) is 9.46 Å². The number of esters is 1. The first kappa shape index (κ1) is 15.3. The summed E-state index contributed by atoms with van der Waals surface area (Å²) >= 11 is 0. The van der Waals surface area contributed by atoms with Crippen LogP contribution in [-0.2, 0) is 19.6 Å². The summed E-state index contributed by atoms with van der Waals surface area (Å²) < 4.78 is 29.7. The third-order valence-corrected chi connectivity index (χ3v) is 3.48. The molecule has 0 aromatic carbocycles. The molecule has 0 bridgehead atoms. The highest BCUT2D eigenvalue weighted by atomic mass is 32.2. The Balaban J connectivity index is 3.99. The molecule has 0 aliphatic heterocycles. The van der Waals surface area contributed by atoms with E-state index in [1.54, 1.807) is 6.92 Å². The van der Waals surface area contributed by atoms with Gasteiger partial charge in [0.2, 0.25) is 10.0 Å². The third-order valence-electron chi connectivity index (χ3n) is 1.98. The Kier molecular flexibility index (Phi) is 7.27. The lowest BCUT2D eigenvalue weighted by Gasteiger charge is -2.13. The van der Waals surface area contributed by atoms with Gasteiger partial charge in [-0.25, -0.2) is 13.1 Å². The van der Waals surface area contributed by atoms with Crippen molar-refractivity contribution in [2.45, 2.75) is 32.2 Å². The fraction of sp³-hybridized carbons (Fsp3) is 0.889. The molecule has 0 saturated heterocycles. The maximum atomic E-state index is 11.4. The van der Waals surface area contributed by atoms with Gasteiger partial charge in [0.1, 0.15) is 0 Å². The summed E-state index contributed by atoms with van der Waals surface area (Å²) in [6.07, 6.45) is 0.952. The highest BCUT2D eigenvalue weighted by Gasteiger charge is 2.16. The summed E-state index contributed by atoms with van der Waals surface area (Å²) in [6.45, 7) is 1.75. The number of aliphatic hydroxyl groups is 1. The second kappa shape index (κ2) is 7.59. The van der Waals surface area contributed by atoms with Gasteiger partial charge in [0.15, 0.2) is 0 Å². The molecule has 1 atom stereocenters. The van der Waals surface area contributed by atoms with Gasteiger partial charge in [-0.3, -0.25) is 4.79 Å². The van der Waals surface area contributed by atoms with E-state index in [0.29, 0.717) is 12.8 Å². The van der Waals surface area contributed by atoms with Gasteiger partial charge >= 0.3 is 5.97 Å². The van der Waals surface area contributed by atoms with Crippen molar-refractivity contribution in [1.29, 1.82) is 0 Å². The van der Waals surface area contributed by atoms with E-state index < -0.39 is 16.0 Å². The van der Waals surface area contributed by atoms with Crippen LogP contribution in [0.1, 0.15) is 26.2 Å². The number of ether oxygens (including phenoxy) is 1. The van der Waals surface area contributed by atoms with Crippen LogP contribution in [0.2, 0.25) is 0 Å². The molecule has 0 saturated carbocycles. The average molecular weight is 253 g/mol. The Morgan fingerprint density at radius 3 is 2.62 bits per heavy atom. The molecule has 0 aliphatic carbocycles. The molecule has 0 spiro atoms. The Morgan fingerprint density at radius 2 is 2.12 bits per heavy atom. The van der Waals surface area contributed by atoms with E-state index in [-0.39, 0.29) is 24.8 Å². The van der Waals surface area contributed by atoms with Crippen molar-refractivity contribution >= 4 is 16.0 Å². The molecule has 0 heterocycles. The normalized spacial score (nSPS) is 13.4. The molecule has 6 nitrogen and oxygen atoms in total. The molecule has 0 aromatic heterocycles. The summed E-state index contributed by atoms with van der Waals surface area (Å²) in [7, 11) is -2.23. The van der Waals surface area contributed by atoms with Crippen LogP contribution in [0.4, 0.5) is 0 Å². The fourth-order valence-corrected chi connectivity index (χ4v) is 2.43. The second-order valence-corrected chi connectivity index (χ2v) is 5.40. The maximum Gasteiger partial charge on any atom is 0.306 e. The summed E-state index contributed by atoms with van der Waals surface area (Å²) in [5, 5.41) is 8.58. The first-order chi connectivity index (χ1) is 7.41. The van der Waals surface area contributed by atoms with Crippen molar-refractivity contribution in [3.05, 3.63) is 0 Å². The van der Waals surface area contributed by atoms with Crippen molar-refractivity contribution in [2.75, 3.05) is 19.5 Å². The highest BCUT2D eigenvalue weighted by Crippen LogP contribution is 1.99. The number of nitrogens with one attached hydrogen (secondary N) is 1. The van der Waals surface area contributed by atoms with Gasteiger partial charge in [-0.05, 0) is 19.8 Å². The molecular formula is C9H19NO5S. The van der Waals surface area contributed by atoms with Crippen molar-refractivity contribution in [3.8, 4) is 0 Å². The molecule has 7 heteroatoms. The van der Waals surface area contributed by atoms with Gasteiger partial charge in [-0.2, -0.15) is 0 Å². The predicted octanol–water partition coefficient (Wildman–Crippen LogP) is -0.370. The molecule has 0 amide bonds. The minimum Gasteiger partial charge on any atom is -0.469 e. The molecule has 0 aliphatic rings. The quantitative estimate of drug-likeness (QED) is 0.576. The number of sulfonamides is 1. The number of carbonyl (C=O) groups is 1. The van der Waals surface area contributed by atoms with Gasteiger partial charge in [0, 0.05) is 12.6 Å². The molecule has 0 fully saturated rings. The Morgan fingerprint density at radius 1 is 1.50 bits per heavy atom. The summed E-state index contributed by atoms with van der Waals surface area (Å²) in [5.41, 5.74) is 0. The van der Waals surface area contributed by atoms with E-state index in [1.807, 2.05) is 0 Å². The molecular weight excluding hydrogens is 234 g/mol. The third kappa shape index (κ3) is 7.61. The maximum absolute atomic E-state index is 11.4. The molecule has 1 unspecified atom stereocenters. The smallest absolute Gasteiger partial charge is 0.306 e. The van der Waals surface area contributed by atoms with Gasteiger partial charge in [0.25, 0.3) is 0 Å². The predicted molar refractivity (Wildman–Crippen MR) is 59.3 cm³/mol. The van der Waals surface area contributed by atoms with Crippen LogP contribution in [0.3, 0.4) is 0 Å². The highest BCUT2D eigenvalue weighted by molar-refractivity contribution is 7.89. The van der Waals surface area contributed by atoms with Crippen molar-refractivity contribution < 1.29 is 23.1 Å². The number of rotatable bonds is 8. The summed E-state index contributed by atoms with van der Waals surface area (Å²) in [6, 6.07) is -0.241. The van der Waals surface area contributed by atoms with Gasteiger partial charge in [-0.1, -0.05) is 0 Å². The number of carbonyl (C=O) groups excluding carboxylic acids is 1. The molecule has 0 radical (unpaired) electrons. The number of hydrogen-bond acceptors (Lipinski definition) is 5. The molecule has 2 N–H and O–H groups in total. The second-order valence-electron chi connectivity index (χ2n) is 3.53. The van der Waals surface area contributed by atoms with Crippen LogP contribution < -0.4 is 4.72 Å². The fourth-order valence-electron chi connectivity index (χ4n) is 1.14. The van der Waals surface area contributed by atoms with E-state index in [4.69, 9.17) is 5.11 Å².